The Bertz CT molecular complexity index is 830. The first-order valence-electron chi connectivity index (χ1n) is 7.11. The van der Waals surface area contributed by atoms with E-state index in [0.29, 0.717) is 5.56 Å². The zero-order valence-electron chi connectivity index (χ0n) is 12.3. The van der Waals surface area contributed by atoms with Crippen LogP contribution in [0.1, 0.15) is 21.5 Å². The minimum atomic E-state index is 0.698. The largest absolute Gasteiger partial charge is 0.497 e. The first-order valence-corrected chi connectivity index (χ1v) is 7.11. The van der Waals surface area contributed by atoms with Gasteiger partial charge in [-0.2, -0.15) is 0 Å². The molecule has 108 valence electrons. The fourth-order valence-corrected chi connectivity index (χ4v) is 2.50. The van der Waals surface area contributed by atoms with Crippen LogP contribution in [0.2, 0.25) is 0 Å². The highest BCUT2D eigenvalue weighted by Crippen LogP contribution is 2.24. The van der Waals surface area contributed by atoms with Gasteiger partial charge in [-0.1, -0.05) is 60.7 Å². The van der Waals surface area contributed by atoms with Gasteiger partial charge in [0.05, 0.1) is 7.11 Å². The van der Waals surface area contributed by atoms with Crippen LogP contribution in [0, 0.1) is 0 Å². The molecule has 0 saturated carbocycles. The highest BCUT2D eigenvalue weighted by atomic mass is 16.5. The van der Waals surface area contributed by atoms with Crippen LogP contribution in [-0.2, 0) is 0 Å². The summed E-state index contributed by atoms with van der Waals surface area (Å²) in [7, 11) is 1.65. The van der Waals surface area contributed by atoms with Gasteiger partial charge in [0, 0.05) is 5.56 Å². The summed E-state index contributed by atoms with van der Waals surface area (Å²) in [5, 5.41) is 2.21. The Labute approximate surface area is 129 Å². The second kappa shape index (κ2) is 6.27. The zero-order valence-corrected chi connectivity index (χ0v) is 12.3. The van der Waals surface area contributed by atoms with Gasteiger partial charge < -0.3 is 4.74 Å². The second-order valence-corrected chi connectivity index (χ2v) is 5.01. The lowest BCUT2D eigenvalue weighted by Gasteiger charge is -2.05. The maximum absolute atomic E-state index is 11.3. The van der Waals surface area contributed by atoms with Crippen LogP contribution in [-0.4, -0.2) is 13.4 Å². The first kappa shape index (κ1) is 14.1. The number of methoxy groups -OCH3 is 1. The van der Waals surface area contributed by atoms with Gasteiger partial charge in [0.15, 0.2) is 6.29 Å². The topological polar surface area (TPSA) is 26.3 Å². The summed E-state index contributed by atoms with van der Waals surface area (Å²) in [6, 6.07) is 19.7. The predicted molar refractivity (Wildman–Crippen MR) is 91.3 cm³/mol. The van der Waals surface area contributed by atoms with Crippen LogP contribution in [0.3, 0.4) is 0 Å². The van der Waals surface area contributed by atoms with Crippen molar-refractivity contribution in [1.29, 1.82) is 0 Å². The number of ether oxygens (including phenoxy) is 1. The molecule has 0 radical (unpaired) electrons. The van der Waals surface area contributed by atoms with Crippen molar-refractivity contribution in [3.8, 4) is 5.75 Å². The number of fused-ring (bicyclic) bond motifs is 1. The van der Waals surface area contributed by atoms with Gasteiger partial charge in [0.2, 0.25) is 0 Å². The Kier molecular flexibility index (Phi) is 4.01. The van der Waals surface area contributed by atoms with Crippen molar-refractivity contribution in [3.05, 3.63) is 77.4 Å². The average molecular weight is 288 g/mol. The van der Waals surface area contributed by atoms with E-state index in [1.54, 1.807) is 7.11 Å². The molecule has 0 amide bonds. The van der Waals surface area contributed by atoms with Crippen LogP contribution in [0.15, 0.2) is 60.7 Å². The molecule has 3 rings (SSSR count). The van der Waals surface area contributed by atoms with Crippen LogP contribution in [0.25, 0.3) is 22.9 Å². The average Bonchev–Trinajstić information content (AvgIpc) is 2.60. The Morgan fingerprint density at radius 2 is 1.64 bits per heavy atom. The van der Waals surface area contributed by atoms with Crippen molar-refractivity contribution in [2.24, 2.45) is 0 Å². The van der Waals surface area contributed by atoms with Gasteiger partial charge in [-0.25, -0.2) is 0 Å². The summed E-state index contributed by atoms with van der Waals surface area (Å²) in [6.45, 7) is 0. The van der Waals surface area contributed by atoms with E-state index in [1.807, 2.05) is 66.7 Å². The molecule has 0 saturated heterocycles. The third-order valence-corrected chi connectivity index (χ3v) is 3.69. The number of rotatable bonds is 4. The van der Waals surface area contributed by atoms with Crippen LogP contribution >= 0.6 is 0 Å². The maximum atomic E-state index is 11.3. The molecule has 0 spiro atoms. The lowest BCUT2D eigenvalue weighted by atomic mass is 9.98. The molecule has 2 nitrogen and oxygen atoms in total. The van der Waals surface area contributed by atoms with Crippen molar-refractivity contribution in [2.75, 3.05) is 7.11 Å². The van der Waals surface area contributed by atoms with E-state index in [4.69, 9.17) is 4.74 Å². The Balaban J connectivity index is 2.04. The van der Waals surface area contributed by atoms with E-state index in [-0.39, 0.29) is 0 Å². The van der Waals surface area contributed by atoms with Crippen molar-refractivity contribution in [1.82, 2.24) is 0 Å². The number of carbonyl (C=O) groups is 1. The standard InChI is InChI=1S/C20H16O2/c1-22-18-11-6-15(7-12-18)8-13-20-17(14-21)10-9-16-4-2-3-5-19(16)20/h2-14H,1H3. The van der Waals surface area contributed by atoms with Crippen molar-refractivity contribution < 1.29 is 9.53 Å². The molecule has 3 aromatic rings. The molecule has 2 heteroatoms. The summed E-state index contributed by atoms with van der Waals surface area (Å²) in [5.41, 5.74) is 2.71. The quantitative estimate of drug-likeness (QED) is 0.507. The molecule has 0 fully saturated rings. The van der Waals surface area contributed by atoms with Crippen molar-refractivity contribution in [2.45, 2.75) is 0 Å². The van der Waals surface area contributed by atoms with Gasteiger partial charge >= 0.3 is 0 Å². The van der Waals surface area contributed by atoms with Gasteiger partial charge in [0.25, 0.3) is 0 Å². The molecule has 3 aromatic carbocycles. The molecule has 0 atom stereocenters. The minimum absolute atomic E-state index is 0.698. The fraction of sp³-hybridized carbons (Fsp3) is 0.0500. The number of benzene rings is 3. The minimum Gasteiger partial charge on any atom is -0.497 e. The van der Waals surface area contributed by atoms with Gasteiger partial charge in [-0.3, -0.25) is 4.79 Å². The highest BCUT2D eigenvalue weighted by Gasteiger charge is 2.04. The predicted octanol–water partition coefficient (Wildman–Crippen LogP) is 4.83. The molecule has 0 aliphatic heterocycles. The van der Waals surface area contributed by atoms with E-state index in [0.717, 1.165) is 33.9 Å². The monoisotopic (exact) mass is 288 g/mol. The summed E-state index contributed by atoms with van der Waals surface area (Å²) < 4.78 is 5.16. The van der Waals surface area contributed by atoms with E-state index in [2.05, 4.69) is 6.07 Å². The van der Waals surface area contributed by atoms with E-state index in [9.17, 15) is 4.79 Å². The van der Waals surface area contributed by atoms with Crippen LogP contribution in [0.5, 0.6) is 5.75 Å². The Morgan fingerprint density at radius 3 is 2.36 bits per heavy atom. The third kappa shape index (κ3) is 2.77. The molecule has 0 aliphatic rings. The fourth-order valence-electron chi connectivity index (χ4n) is 2.50. The first-order chi connectivity index (χ1) is 10.8. The number of aldehydes is 1. The van der Waals surface area contributed by atoms with E-state index < -0.39 is 0 Å². The molecule has 0 heterocycles. The summed E-state index contributed by atoms with van der Waals surface area (Å²) >= 11 is 0. The van der Waals surface area contributed by atoms with Crippen molar-refractivity contribution >= 4 is 29.2 Å². The van der Waals surface area contributed by atoms with E-state index in [1.165, 1.54) is 0 Å². The molecular formula is C20H16O2. The summed E-state index contributed by atoms with van der Waals surface area (Å²) in [6.07, 6.45) is 4.90. The van der Waals surface area contributed by atoms with Gasteiger partial charge in [-0.05, 0) is 34.0 Å². The number of hydrogen-bond acceptors (Lipinski definition) is 2. The van der Waals surface area contributed by atoms with Crippen molar-refractivity contribution in [3.63, 3.8) is 0 Å². The second-order valence-electron chi connectivity index (χ2n) is 5.01. The number of carbonyl (C=O) groups excluding carboxylic acids is 1. The lowest BCUT2D eigenvalue weighted by Crippen LogP contribution is -1.88. The normalized spacial score (nSPS) is 11.0. The highest BCUT2D eigenvalue weighted by molar-refractivity contribution is 5.99. The molecule has 0 aromatic heterocycles. The summed E-state index contributed by atoms with van der Waals surface area (Å²) in [4.78, 5) is 11.3. The third-order valence-electron chi connectivity index (χ3n) is 3.69. The molecule has 0 N–H and O–H groups in total. The van der Waals surface area contributed by atoms with Crippen LogP contribution < -0.4 is 4.74 Å². The van der Waals surface area contributed by atoms with Crippen LogP contribution in [0.4, 0.5) is 0 Å². The summed E-state index contributed by atoms with van der Waals surface area (Å²) in [5.74, 6) is 0.830. The maximum Gasteiger partial charge on any atom is 0.150 e. The number of hydrogen-bond donors (Lipinski definition) is 0. The smallest absolute Gasteiger partial charge is 0.150 e. The molecule has 0 aliphatic carbocycles. The molecular weight excluding hydrogens is 272 g/mol. The van der Waals surface area contributed by atoms with Gasteiger partial charge in [0.1, 0.15) is 5.75 Å². The zero-order chi connectivity index (χ0) is 15.4. The van der Waals surface area contributed by atoms with Gasteiger partial charge in [-0.15, -0.1) is 0 Å². The Hall–Kier alpha value is -2.87. The molecule has 22 heavy (non-hydrogen) atoms. The Morgan fingerprint density at radius 1 is 0.864 bits per heavy atom. The lowest BCUT2D eigenvalue weighted by molar-refractivity contribution is 0.112. The van der Waals surface area contributed by atoms with E-state index >= 15 is 0 Å². The molecule has 0 unspecified atom stereocenters. The SMILES string of the molecule is COc1ccc(C=Cc2c(C=O)ccc3ccccc23)cc1. The molecule has 0 bridgehead atoms.